The highest BCUT2D eigenvalue weighted by molar-refractivity contribution is 7.79. The fourth-order valence-corrected chi connectivity index (χ4v) is 1.62. The molecule has 78 valence electrons. The molecule has 1 aromatic carbocycles. The van der Waals surface area contributed by atoms with Crippen LogP contribution in [0.3, 0.4) is 0 Å². The Balaban J connectivity index is 2.05. The van der Waals surface area contributed by atoms with Crippen molar-refractivity contribution in [2.45, 2.75) is 12.6 Å². The third-order valence-electron chi connectivity index (χ3n) is 2.26. The summed E-state index contributed by atoms with van der Waals surface area (Å²) in [5.41, 5.74) is 4.03. The SMILES string of the molecule is NN1C(Cc2ccccc2)=NNC1C=S. The zero-order chi connectivity index (χ0) is 10.7. The molecule has 3 N–H and O–H groups in total. The molecule has 4 nitrogen and oxygen atoms in total. The number of hydrogen-bond donors (Lipinski definition) is 2. The van der Waals surface area contributed by atoms with Crippen LogP contribution >= 0.6 is 12.2 Å². The minimum atomic E-state index is -0.168. The van der Waals surface area contributed by atoms with E-state index in [1.165, 1.54) is 5.56 Å². The fraction of sp³-hybridized carbons (Fsp3) is 0.200. The first-order chi connectivity index (χ1) is 7.31. The molecule has 0 radical (unpaired) electrons. The summed E-state index contributed by atoms with van der Waals surface area (Å²) in [6, 6.07) is 10.1. The highest BCUT2D eigenvalue weighted by atomic mass is 32.1. The van der Waals surface area contributed by atoms with Gasteiger partial charge in [-0.2, -0.15) is 5.10 Å². The van der Waals surface area contributed by atoms with Gasteiger partial charge in [0.05, 0.1) is 0 Å². The summed E-state index contributed by atoms with van der Waals surface area (Å²) in [6.45, 7) is 0. The second-order valence-electron chi connectivity index (χ2n) is 3.31. The lowest BCUT2D eigenvalue weighted by atomic mass is 10.1. The van der Waals surface area contributed by atoms with Gasteiger partial charge in [-0.3, -0.25) is 10.4 Å². The highest BCUT2D eigenvalue weighted by Gasteiger charge is 2.22. The summed E-state index contributed by atoms with van der Waals surface area (Å²) in [6.07, 6.45) is 0.544. The Morgan fingerprint density at radius 1 is 1.47 bits per heavy atom. The molecular formula is C10H12N4S. The average molecular weight is 220 g/mol. The van der Waals surface area contributed by atoms with Crippen LogP contribution in [0.25, 0.3) is 0 Å². The van der Waals surface area contributed by atoms with Crippen LogP contribution in [0.4, 0.5) is 0 Å². The van der Waals surface area contributed by atoms with E-state index in [1.54, 1.807) is 10.4 Å². The van der Waals surface area contributed by atoms with Crippen molar-refractivity contribution in [3.05, 3.63) is 35.9 Å². The molecule has 1 aliphatic rings. The van der Waals surface area contributed by atoms with Gasteiger partial charge in [-0.05, 0) is 5.56 Å². The first-order valence-electron chi connectivity index (χ1n) is 4.66. The third kappa shape index (κ3) is 2.14. The predicted molar refractivity (Wildman–Crippen MR) is 64.2 cm³/mol. The van der Waals surface area contributed by atoms with Crippen LogP contribution in [-0.2, 0) is 6.42 Å². The standard InChI is InChI=1S/C10H12N4S/c11-14-9(12-13-10(14)7-15)6-8-4-2-1-3-5-8/h1-5,7,10,13H,6,11H2. The summed E-state index contributed by atoms with van der Waals surface area (Å²) < 4.78 is 0. The van der Waals surface area contributed by atoms with Crippen LogP contribution < -0.4 is 11.3 Å². The van der Waals surface area contributed by atoms with E-state index in [1.807, 2.05) is 30.3 Å². The molecule has 0 bridgehead atoms. The summed E-state index contributed by atoms with van der Waals surface area (Å²) in [5.74, 6) is 6.62. The maximum atomic E-state index is 5.82. The van der Waals surface area contributed by atoms with Crippen molar-refractivity contribution < 1.29 is 0 Å². The van der Waals surface area contributed by atoms with Crippen LogP contribution in [0, 0.1) is 0 Å². The number of rotatable bonds is 3. The number of nitrogens with one attached hydrogen (secondary N) is 1. The number of amidine groups is 1. The van der Waals surface area contributed by atoms with Gasteiger partial charge >= 0.3 is 0 Å². The molecule has 0 fully saturated rings. The van der Waals surface area contributed by atoms with Gasteiger partial charge < -0.3 is 0 Å². The van der Waals surface area contributed by atoms with Crippen molar-refractivity contribution in [2.75, 3.05) is 0 Å². The zero-order valence-electron chi connectivity index (χ0n) is 8.13. The van der Waals surface area contributed by atoms with Gasteiger partial charge in [0.15, 0.2) is 6.17 Å². The molecule has 0 saturated carbocycles. The Labute approximate surface area is 93.7 Å². The van der Waals surface area contributed by atoms with E-state index in [0.29, 0.717) is 6.42 Å². The largest absolute Gasteiger partial charge is 0.280 e. The predicted octanol–water partition coefficient (Wildman–Crippen LogP) is 0.647. The van der Waals surface area contributed by atoms with Gasteiger partial charge in [-0.15, -0.1) is 0 Å². The zero-order valence-corrected chi connectivity index (χ0v) is 8.95. The monoisotopic (exact) mass is 220 g/mol. The lowest BCUT2D eigenvalue weighted by Crippen LogP contribution is -2.46. The Bertz CT molecular complexity index is 376. The minimum absolute atomic E-state index is 0.168. The van der Waals surface area contributed by atoms with Gasteiger partial charge in [-0.1, -0.05) is 42.5 Å². The van der Waals surface area contributed by atoms with Crippen molar-refractivity contribution in [1.29, 1.82) is 0 Å². The summed E-state index contributed by atoms with van der Waals surface area (Å²) in [4.78, 5) is 0. The third-order valence-corrected chi connectivity index (χ3v) is 2.52. The highest BCUT2D eigenvalue weighted by Crippen LogP contribution is 2.06. The maximum Gasteiger partial charge on any atom is 0.159 e. The summed E-state index contributed by atoms with van der Waals surface area (Å²) in [5, 5.41) is 7.25. The van der Waals surface area contributed by atoms with E-state index >= 15 is 0 Å². The Kier molecular flexibility index (Phi) is 2.94. The average Bonchev–Trinajstić information content (AvgIpc) is 2.62. The number of nitrogens with two attached hydrogens (primary N) is 1. The van der Waals surface area contributed by atoms with E-state index in [4.69, 9.17) is 18.1 Å². The summed E-state index contributed by atoms with van der Waals surface area (Å²) in [7, 11) is 0. The number of hydrazine groups is 1. The first-order valence-corrected chi connectivity index (χ1v) is 5.13. The molecule has 1 atom stereocenters. The second-order valence-corrected chi connectivity index (χ2v) is 3.58. The fourth-order valence-electron chi connectivity index (χ4n) is 1.43. The Hall–Kier alpha value is -1.46. The number of thiocarbonyl (C=S) groups is 1. The molecule has 1 unspecified atom stereocenters. The van der Waals surface area contributed by atoms with Gasteiger partial charge in [-0.25, -0.2) is 5.84 Å². The van der Waals surface area contributed by atoms with E-state index in [0.717, 1.165) is 5.84 Å². The summed E-state index contributed by atoms with van der Waals surface area (Å²) >= 11 is 4.82. The number of hydrogen-bond acceptors (Lipinski definition) is 5. The van der Waals surface area contributed by atoms with Crippen LogP contribution in [0.2, 0.25) is 0 Å². The quantitative estimate of drug-likeness (QED) is 0.580. The molecule has 0 saturated heterocycles. The van der Waals surface area contributed by atoms with Crippen LogP contribution in [0.15, 0.2) is 35.4 Å². The molecule has 1 aromatic rings. The number of hydrazone groups is 1. The number of benzene rings is 1. The molecule has 1 heterocycles. The molecule has 1 aliphatic heterocycles. The smallest absolute Gasteiger partial charge is 0.159 e. The van der Waals surface area contributed by atoms with Gasteiger partial charge in [0.25, 0.3) is 0 Å². The van der Waals surface area contributed by atoms with Crippen LogP contribution in [-0.4, -0.2) is 22.4 Å². The molecule has 0 aliphatic carbocycles. The van der Waals surface area contributed by atoms with E-state index in [2.05, 4.69) is 10.5 Å². The molecule has 5 heteroatoms. The van der Waals surface area contributed by atoms with Crippen molar-refractivity contribution in [3.63, 3.8) is 0 Å². The van der Waals surface area contributed by atoms with E-state index in [9.17, 15) is 0 Å². The molecule has 2 rings (SSSR count). The molecule has 0 spiro atoms. The van der Waals surface area contributed by atoms with Crippen molar-refractivity contribution in [3.8, 4) is 0 Å². The lowest BCUT2D eigenvalue weighted by Gasteiger charge is -2.17. The molecule has 0 amide bonds. The minimum Gasteiger partial charge on any atom is -0.280 e. The van der Waals surface area contributed by atoms with Crippen LogP contribution in [0.1, 0.15) is 5.56 Å². The Morgan fingerprint density at radius 3 is 2.80 bits per heavy atom. The van der Waals surface area contributed by atoms with Crippen molar-refractivity contribution >= 4 is 23.4 Å². The van der Waals surface area contributed by atoms with Crippen molar-refractivity contribution in [1.82, 2.24) is 10.4 Å². The number of nitrogens with zero attached hydrogens (tertiary/aromatic N) is 2. The second kappa shape index (κ2) is 4.37. The van der Waals surface area contributed by atoms with Gasteiger partial charge in [0.1, 0.15) is 5.84 Å². The topological polar surface area (TPSA) is 53.6 Å². The van der Waals surface area contributed by atoms with Crippen molar-refractivity contribution in [2.24, 2.45) is 10.9 Å². The maximum absolute atomic E-state index is 5.82. The Morgan fingerprint density at radius 2 is 2.20 bits per heavy atom. The first kappa shape index (κ1) is 10.1. The van der Waals surface area contributed by atoms with Gasteiger partial charge in [0, 0.05) is 11.8 Å². The van der Waals surface area contributed by atoms with Gasteiger partial charge in [0.2, 0.25) is 0 Å². The van der Waals surface area contributed by atoms with E-state index < -0.39 is 0 Å². The van der Waals surface area contributed by atoms with E-state index in [-0.39, 0.29) is 6.17 Å². The lowest BCUT2D eigenvalue weighted by molar-refractivity contribution is 0.389. The molecule has 0 aromatic heterocycles. The normalized spacial score (nSPS) is 19.7. The molecular weight excluding hydrogens is 208 g/mol. The van der Waals surface area contributed by atoms with Crippen LogP contribution in [0.5, 0.6) is 0 Å². The molecule has 15 heavy (non-hydrogen) atoms.